The Balaban J connectivity index is 1.77. The van der Waals surface area contributed by atoms with Crippen molar-refractivity contribution in [3.8, 4) is 5.75 Å². The lowest BCUT2D eigenvalue weighted by atomic mass is 10.1. The van der Waals surface area contributed by atoms with Gasteiger partial charge in [0.25, 0.3) is 5.91 Å². The number of rotatable bonds is 5. The fraction of sp³-hybridized carbons (Fsp3) is 0.150. The second-order valence-electron chi connectivity index (χ2n) is 5.89. The van der Waals surface area contributed by atoms with Crippen LogP contribution in [0, 0.1) is 0 Å². The highest BCUT2D eigenvalue weighted by Crippen LogP contribution is 2.36. The molecule has 7 heteroatoms. The molecule has 0 bridgehead atoms. The Morgan fingerprint density at radius 1 is 1.19 bits per heavy atom. The van der Waals surface area contributed by atoms with Gasteiger partial charge in [-0.2, -0.15) is 5.01 Å². The maximum Gasteiger partial charge on any atom is 0.285 e. The molecule has 1 fully saturated rings. The summed E-state index contributed by atoms with van der Waals surface area (Å²) in [6, 6.07) is 16.8. The van der Waals surface area contributed by atoms with Crippen molar-refractivity contribution in [1.82, 2.24) is 10.4 Å². The number of hydrogen-bond acceptors (Lipinski definition) is 5. The Kier molecular flexibility index (Phi) is 5.93. The van der Waals surface area contributed by atoms with Crippen LogP contribution in [0.15, 0.2) is 59.5 Å². The molecule has 0 aromatic heterocycles. The number of nitrogens with zero attached hydrogens (tertiary/aromatic N) is 1. The van der Waals surface area contributed by atoms with Gasteiger partial charge in [-0.25, -0.2) is 0 Å². The van der Waals surface area contributed by atoms with Crippen LogP contribution in [0.4, 0.5) is 0 Å². The van der Waals surface area contributed by atoms with Crippen LogP contribution in [0.5, 0.6) is 5.75 Å². The molecule has 1 N–H and O–H groups in total. The van der Waals surface area contributed by atoms with Crippen LogP contribution < -0.4 is 10.2 Å². The van der Waals surface area contributed by atoms with E-state index in [1.54, 1.807) is 7.11 Å². The van der Waals surface area contributed by atoms with Crippen molar-refractivity contribution < 1.29 is 14.3 Å². The van der Waals surface area contributed by atoms with E-state index in [1.807, 2.05) is 61.5 Å². The number of hydrazine groups is 1. The molecule has 5 nitrogen and oxygen atoms in total. The first-order valence-electron chi connectivity index (χ1n) is 8.24. The average Bonchev–Trinajstić information content (AvgIpc) is 2.96. The number of nitrogens with one attached hydrogen (secondary N) is 1. The van der Waals surface area contributed by atoms with E-state index in [1.165, 1.54) is 11.8 Å². The van der Waals surface area contributed by atoms with Gasteiger partial charge in [0.15, 0.2) is 4.32 Å². The molecular formula is C20H18N2O3S2. The molecule has 2 amide bonds. The van der Waals surface area contributed by atoms with E-state index >= 15 is 0 Å². The van der Waals surface area contributed by atoms with Gasteiger partial charge < -0.3 is 4.74 Å². The van der Waals surface area contributed by atoms with E-state index < -0.39 is 0 Å². The van der Waals surface area contributed by atoms with Crippen LogP contribution >= 0.6 is 24.0 Å². The molecule has 3 rings (SSSR count). The highest BCUT2D eigenvalue weighted by Gasteiger charge is 2.35. The third kappa shape index (κ3) is 4.37. The van der Waals surface area contributed by atoms with Gasteiger partial charge >= 0.3 is 0 Å². The van der Waals surface area contributed by atoms with Gasteiger partial charge in [0, 0.05) is 0 Å². The van der Waals surface area contributed by atoms with Crippen molar-refractivity contribution in [2.24, 2.45) is 0 Å². The van der Waals surface area contributed by atoms with Crippen molar-refractivity contribution in [3.63, 3.8) is 0 Å². The fourth-order valence-electron chi connectivity index (χ4n) is 2.63. The van der Waals surface area contributed by atoms with Crippen molar-refractivity contribution in [3.05, 3.63) is 70.6 Å². The van der Waals surface area contributed by atoms with Crippen molar-refractivity contribution in [2.75, 3.05) is 7.11 Å². The quantitative estimate of drug-likeness (QED) is 0.616. The SMILES string of the molecule is COc1cccc(/C(C)=C2\SC(=S)N(NC(=O)Cc3ccccc3)C2=O)c1. The normalized spacial score (nSPS) is 15.7. The molecule has 0 saturated carbocycles. The highest BCUT2D eigenvalue weighted by atomic mass is 32.2. The van der Waals surface area contributed by atoms with Gasteiger partial charge in [0.1, 0.15) is 5.75 Å². The van der Waals surface area contributed by atoms with Gasteiger partial charge in [-0.15, -0.1) is 0 Å². The molecule has 27 heavy (non-hydrogen) atoms. The molecule has 1 aliphatic heterocycles. The molecule has 0 spiro atoms. The highest BCUT2D eigenvalue weighted by molar-refractivity contribution is 8.26. The Hall–Kier alpha value is -2.64. The number of hydrogen-bond donors (Lipinski definition) is 1. The molecule has 0 aliphatic carbocycles. The van der Waals surface area contributed by atoms with Gasteiger partial charge in [-0.05, 0) is 48.0 Å². The predicted molar refractivity (Wildman–Crippen MR) is 111 cm³/mol. The Bertz CT molecular complexity index is 926. The second-order valence-corrected chi connectivity index (χ2v) is 7.54. The Labute approximate surface area is 167 Å². The maximum atomic E-state index is 12.8. The lowest BCUT2D eigenvalue weighted by molar-refractivity contribution is -0.132. The van der Waals surface area contributed by atoms with Crippen molar-refractivity contribution in [2.45, 2.75) is 13.3 Å². The molecular weight excluding hydrogens is 380 g/mol. The number of amides is 2. The van der Waals surface area contributed by atoms with Crippen LogP contribution in [0.2, 0.25) is 0 Å². The van der Waals surface area contributed by atoms with Crippen LogP contribution in [0.3, 0.4) is 0 Å². The number of carbonyl (C=O) groups excluding carboxylic acids is 2. The number of ether oxygens (including phenoxy) is 1. The molecule has 1 aliphatic rings. The molecule has 0 atom stereocenters. The summed E-state index contributed by atoms with van der Waals surface area (Å²) >= 11 is 6.47. The van der Waals surface area contributed by atoms with E-state index in [-0.39, 0.29) is 18.2 Å². The zero-order valence-corrected chi connectivity index (χ0v) is 16.5. The summed E-state index contributed by atoms with van der Waals surface area (Å²) in [5.74, 6) is 0.0861. The van der Waals surface area contributed by atoms with Gasteiger partial charge in [-0.3, -0.25) is 15.0 Å². The van der Waals surface area contributed by atoms with E-state index in [2.05, 4.69) is 5.43 Å². The summed E-state index contributed by atoms with van der Waals surface area (Å²) in [7, 11) is 1.59. The number of thioether (sulfide) groups is 1. The minimum atomic E-state index is -0.327. The van der Waals surface area contributed by atoms with Crippen molar-refractivity contribution >= 4 is 45.7 Å². The zero-order chi connectivity index (χ0) is 19.4. The minimum absolute atomic E-state index is 0.172. The number of carbonyl (C=O) groups is 2. The van der Waals surface area contributed by atoms with E-state index in [9.17, 15) is 9.59 Å². The first-order chi connectivity index (χ1) is 13.0. The largest absolute Gasteiger partial charge is 0.497 e. The summed E-state index contributed by atoms with van der Waals surface area (Å²) in [4.78, 5) is 25.6. The molecule has 2 aromatic rings. The maximum absolute atomic E-state index is 12.8. The summed E-state index contributed by atoms with van der Waals surface area (Å²) in [6.07, 6.45) is 0.172. The fourth-order valence-corrected chi connectivity index (χ4v) is 3.85. The lowest BCUT2D eigenvalue weighted by Crippen LogP contribution is -2.45. The van der Waals surface area contributed by atoms with Crippen LogP contribution in [0.1, 0.15) is 18.1 Å². The van der Waals surface area contributed by atoms with Gasteiger partial charge in [0.05, 0.1) is 18.4 Å². The van der Waals surface area contributed by atoms with Gasteiger partial charge in [-0.1, -0.05) is 54.2 Å². The monoisotopic (exact) mass is 398 g/mol. The molecule has 0 radical (unpaired) electrons. The first-order valence-corrected chi connectivity index (χ1v) is 9.47. The van der Waals surface area contributed by atoms with E-state index in [0.717, 1.165) is 21.7 Å². The Morgan fingerprint density at radius 2 is 1.93 bits per heavy atom. The standard InChI is InChI=1S/C20H18N2O3S2/c1-13(15-9-6-10-16(12-15)25-2)18-19(24)22(20(26)27-18)21-17(23)11-14-7-4-3-5-8-14/h3-10,12H,11H2,1-2H3,(H,21,23)/b18-13-. The number of benzene rings is 2. The first kappa shape index (κ1) is 19.1. The van der Waals surface area contributed by atoms with E-state index in [0.29, 0.717) is 15.0 Å². The summed E-state index contributed by atoms with van der Waals surface area (Å²) < 4.78 is 5.54. The number of thiocarbonyl (C=S) groups is 1. The average molecular weight is 399 g/mol. The lowest BCUT2D eigenvalue weighted by Gasteiger charge is -2.15. The summed E-state index contributed by atoms with van der Waals surface area (Å²) in [5, 5.41) is 1.14. The topological polar surface area (TPSA) is 58.6 Å². The van der Waals surface area contributed by atoms with Crippen LogP contribution in [-0.4, -0.2) is 28.3 Å². The molecule has 0 unspecified atom stereocenters. The molecule has 2 aromatic carbocycles. The number of methoxy groups -OCH3 is 1. The molecule has 138 valence electrons. The molecule has 1 heterocycles. The second kappa shape index (κ2) is 8.37. The van der Waals surface area contributed by atoms with Crippen LogP contribution in [0.25, 0.3) is 5.57 Å². The Morgan fingerprint density at radius 3 is 2.63 bits per heavy atom. The van der Waals surface area contributed by atoms with E-state index in [4.69, 9.17) is 17.0 Å². The number of allylic oxidation sites excluding steroid dienone is 1. The molecule has 1 saturated heterocycles. The van der Waals surface area contributed by atoms with Gasteiger partial charge in [0.2, 0.25) is 5.91 Å². The summed E-state index contributed by atoms with van der Waals surface area (Å²) in [5.41, 5.74) is 5.12. The predicted octanol–water partition coefficient (Wildman–Crippen LogP) is 3.56. The summed E-state index contributed by atoms with van der Waals surface area (Å²) in [6.45, 7) is 1.85. The van der Waals surface area contributed by atoms with Crippen LogP contribution in [-0.2, 0) is 16.0 Å². The zero-order valence-electron chi connectivity index (χ0n) is 14.9. The van der Waals surface area contributed by atoms with Crippen molar-refractivity contribution in [1.29, 1.82) is 0 Å². The minimum Gasteiger partial charge on any atom is -0.497 e. The smallest absolute Gasteiger partial charge is 0.285 e. The third-order valence-electron chi connectivity index (χ3n) is 4.06. The third-order valence-corrected chi connectivity index (χ3v) is 5.53.